The van der Waals surface area contributed by atoms with Gasteiger partial charge in [0.25, 0.3) is 0 Å². The van der Waals surface area contributed by atoms with Crippen LogP contribution in [0.15, 0.2) is 36.4 Å². The summed E-state index contributed by atoms with van der Waals surface area (Å²) in [5, 5.41) is 2.47. The highest BCUT2D eigenvalue weighted by Gasteiger charge is 2.35. The molecule has 0 radical (unpaired) electrons. The van der Waals surface area contributed by atoms with E-state index in [0.29, 0.717) is 0 Å². The van der Waals surface area contributed by atoms with Crippen molar-refractivity contribution in [3.63, 3.8) is 0 Å². The van der Waals surface area contributed by atoms with Gasteiger partial charge >= 0.3 is 0 Å². The zero-order chi connectivity index (χ0) is 11.9. The van der Waals surface area contributed by atoms with Crippen molar-refractivity contribution in [3.8, 4) is 5.75 Å². The highest BCUT2D eigenvalue weighted by atomic mass is 16.5. The van der Waals surface area contributed by atoms with Crippen molar-refractivity contribution in [2.45, 2.75) is 24.8 Å². The first-order valence-corrected chi connectivity index (χ1v) is 6.09. The van der Waals surface area contributed by atoms with E-state index in [4.69, 9.17) is 10.5 Å². The summed E-state index contributed by atoms with van der Waals surface area (Å²) in [5.74, 6) is 0.898. The van der Waals surface area contributed by atoms with Crippen molar-refractivity contribution in [3.05, 3.63) is 42.0 Å². The molecule has 0 heterocycles. The predicted molar refractivity (Wildman–Crippen MR) is 70.2 cm³/mol. The minimum absolute atomic E-state index is 0.103. The molecule has 0 spiro atoms. The lowest BCUT2D eigenvalue weighted by Gasteiger charge is -2.39. The second-order valence-electron chi connectivity index (χ2n) is 4.90. The molecular weight excluding hydrogens is 210 g/mol. The van der Waals surface area contributed by atoms with Crippen LogP contribution >= 0.6 is 0 Å². The molecule has 1 fully saturated rings. The first-order chi connectivity index (χ1) is 8.23. The molecule has 0 aliphatic heterocycles. The minimum Gasteiger partial charge on any atom is -0.497 e. The SMILES string of the molecule is COc1ccc2c(C3(N)CCC3)cccc2c1. The van der Waals surface area contributed by atoms with E-state index in [1.54, 1.807) is 7.11 Å². The van der Waals surface area contributed by atoms with Gasteiger partial charge in [0.1, 0.15) is 5.75 Å². The summed E-state index contributed by atoms with van der Waals surface area (Å²) >= 11 is 0. The van der Waals surface area contributed by atoms with E-state index in [9.17, 15) is 0 Å². The number of methoxy groups -OCH3 is 1. The van der Waals surface area contributed by atoms with Crippen LogP contribution in [0.2, 0.25) is 0 Å². The molecule has 0 saturated heterocycles. The van der Waals surface area contributed by atoms with Crippen LogP contribution in [0, 0.1) is 0 Å². The van der Waals surface area contributed by atoms with E-state index in [-0.39, 0.29) is 5.54 Å². The molecule has 0 unspecified atom stereocenters. The molecule has 2 N–H and O–H groups in total. The number of ether oxygens (including phenoxy) is 1. The quantitative estimate of drug-likeness (QED) is 0.855. The summed E-state index contributed by atoms with van der Waals surface area (Å²) in [6, 6.07) is 12.6. The third-order valence-electron chi connectivity index (χ3n) is 3.87. The van der Waals surface area contributed by atoms with Crippen molar-refractivity contribution in [2.24, 2.45) is 5.73 Å². The maximum absolute atomic E-state index is 6.43. The molecule has 1 aliphatic carbocycles. The summed E-state index contributed by atoms with van der Waals surface area (Å²) in [7, 11) is 1.70. The Morgan fingerprint density at radius 3 is 2.65 bits per heavy atom. The van der Waals surface area contributed by atoms with Crippen molar-refractivity contribution in [2.75, 3.05) is 7.11 Å². The van der Waals surface area contributed by atoms with Crippen molar-refractivity contribution < 1.29 is 4.74 Å². The molecule has 17 heavy (non-hydrogen) atoms. The standard InChI is InChI=1S/C15H17NO/c1-17-12-6-7-13-11(10-12)4-2-5-14(13)15(16)8-3-9-15/h2,4-7,10H,3,8-9,16H2,1H3. The zero-order valence-corrected chi connectivity index (χ0v) is 10.1. The Kier molecular flexibility index (Phi) is 2.33. The van der Waals surface area contributed by atoms with Crippen LogP contribution in [0.4, 0.5) is 0 Å². The van der Waals surface area contributed by atoms with Crippen molar-refractivity contribution in [1.82, 2.24) is 0 Å². The molecule has 88 valence electrons. The van der Waals surface area contributed by atoms with Gasteiger partial charge in [0, 0.05) is 5.54 Å². The Labute approximate surface area is 101 Å². The Hall–Kier alpha value is -1.54. The van der Waals surface area contributed by atoms with Gasteiger partial charge in [0.05, 0.1) is 7.11 Å². The summed E-state index contributed by atoms with van der Waals surface area (Å²) in [6.45, 7) is 0. The van der Waals surface area contributed by atoms with E-state index in [1.165, 1.54) is 22.8 Å². The van der Waals surface area contributed by atoms with Gasteiger partial charge in [-0.05, 0) is 47.7 Å². The monoisotopic (exact) mass is 227 g/mol. The van der Waals surface area contributed by atoms with Gasteiger partial charge in [-0.3, -0.25) is 0 Å². The predicted octanol–water partition coefficient (Wildman–Crippen LogP) is 3.19. The van der Waals surface area contributed by atoms with Gasteiger partial charge < -0.3 is 10.5 Å². The van der Waals surface area contributed by atoms with Gasteiger partial charge in [-0.15, -0.1) is 0 Å². The summed E-state index contributed by atoms with van der Waals surface area (Å²) in [6.07, 6.45) is 3.43. The normalized spacial score (nSPS) is 17.8. The number of hydrogen-bond acceptors (Lipinski definition) is 2. The fourth-order valence-electron chi connectivity index (χ4n) is 2.65. The van der Waals surface area contributed by atoms with Crippen LogP contribution in [-0.2, 0) is 5.54 Å². The maximum atomic E-state index is 6.43. The molecule has 0 amide bonds. The Bertz CT molecular complexity index is 558. The first kappa shape index (κ1) is 10.6. The summed E-state index contributed by atoms with van der Waals surface area (Å²) < 4.78 is 5.26. The maximum Gasteiger partial charge on any atom is 0.119 e. The number of hydrogen-bond donors (Lipinski definition) is 1. The Morgan fingerprint density at radius 2 is 2.00 bits per heavy atom. The first-order valence-electron chi connectivity index (χ1n) is 6.09. The molecule has 0 bridgehead atoms. The smallest absolute Gasteiger partial charge is 0.119 e. The van der Waals surface area contributed by atoms with E-state index >= 15 is 0 Å². The van der Waals surface area contributed by atoms with E-state index < -0.39 is 0 Å². The van der Waals surface area contributed by atoms with Crippen LogP contribution in [0.25, 0.3) is 10.8 Å². The van der Waals surface area contributed by atoms with Gasteiger partial charge in [0.2, 0.25) is 0 Å². The molecule has 0 atom stereocenters. The van der Waals surface area contributed by atoms with Crippen molar-refractivity contribution >= 4 is 10.8 Å². The highest BCUT2D eigenvalue weighted by molar-refractivity contribution is 5.88. The van der Waals surface area contributed by atoms with Crippen LogP contribution in [-0.4, -0.2) is 7.11 Å². The lowest BCUT2D eigenvalue weighted by molar-refractivity contribution is 0.256. The lowest BCUT2D eigenvalue weighted by atomic mass is 9.71. The Morgan fingerprint density at radius 1 is 1.18 bits per heavy atom. The number of benzene rings is 2. The number of fused-ring (bicyclic) bond motifs is 1. The largest absolute Gasteiger partial charge is 0.497 e. The van der Waals surface area contributed by atoms with Gasteiger partial charge in [-0.25, -0.2) is 0 Å². The highest BCUT2D eigenvalue weighted by Crippen LogP contribution is 2.41. The summed E-state index contributed by atoms with van der Waals surface area (Å²) in [5.41, 5.74) is 7.61. The van der Waals surface area contributed by atoms with Crippen LogP contribution in [0.1, 0.15) is 24.8 Å². The second-order valence-corrected chi connectivity index (χ2v) is 4.90. The Balaban J connectivity index is 2.19. The molecule has 0 aromatic heterocycles. The fourth-order valence-corrected chi connectivity index (χ4v) is 2.65. The molecule has 2 nitrogen and oxygen atoms in total. The van der Waals surface area contributed by atoms with Crippen molar-refractivity contribution in [1.29, 1.82) is 0 Å². The van der Waals surface area contributed by atoms with Gasteiger partial charge in [0.15, 0.2) is 0 Å². The fraction of sp³-hybridized carbons (Fsp3) is 0.333. The number of rotatable bonds is 2. The molecule has 2 aromatic carbocycles. The van der Waals surface area contributed by atoms with Crippen LogP contribution in [0.3, 0.4) is 0 Å². The minimum atomic E-state index is -0.103. The third-order valence-corrected chi connectivity index (χ3v) is 3.87. The second kappa shape index (κ2) is 3.74. The average Bonchev–Trinajstić information content (AvgIpc) is 2.34. The molecule has 1 saturated carbocycles. The zero-order valence-electron chi connectivity index (χ0n) is 10.1. The van der Waals surface area contributed by atoms with E-state index in [1.807, 2.05) is 6.07 Å². The average molecular weight is 227 g/mol. The van der Waals surface area contributed by atoms with Crippen LogP contribution < -0.4 is 10.5 Å². The van der Waals surface area contributed by atoms with Crippen LogP contribution in [0.5, 0.6) is 5.75 Å². The molecule has 2 aromatic rings. The van der Waals surface area contributed by atoms with Gasteiger partial charge in [-0.1, -0.05) is 24.3 Å². The topological polar surface area (TPSA) is 35.2 Å². The third kappa shape index (κ3) is 1.60. The molecule has 3 rings (SSSR count). The molecule has 2 heteroatoms. The molecular formula is C15H17NO. The lowest BCUT2D eigenvalue weighted by Crippen LogP contribution is -2.43. The van der Waals surface area contributed by atoms with E-state index in [2.05, 4.69) is 30.3 Å². The summed E-state index contributed by atoms with van der Waals surface area (Å²) in [4.78, 5) is 0. The van der Waals surface area contributed by atoms with E-state index in [0.717, 1.165) is 18.6 Å². The molecule has 1 aliphatic rings. The number of nitrogens with two attached hydrogens (primary N) is 1. The van der Waals surface area contributed by atoms with Gasteiger partial charge in [-0.2, -0.15) is 0 Å².